The van der Waals surface area contributed by atoms with Crippen LogP contribution >= 0.6 is 0 Å². The summed E-state index contributed by atoms with van der Waals surface area (Å²) in [5.41, 5.74) is -1.70. The number of alkyl halides is 6. The topological polar surface area (TPSA) is 17.1 Å². The smallest absolute Gasteiger partial charge is 0.294 e. The van der Waals surface area contributed by atoms with Crippen molar-refractivity contribution in [2.75, 3.05) is 0 Å². The zero-order valence-electron chi connectivity index (χ0n) is 9.61. The number of carbonyl (C=O) groups is 1. The molecule has 0 aromatic heterocycles. The van der Waals surface area contributed by atoms with Crippen molar-refractivity contribution in [3.05, 3.63) is 35.4 Å². The first-order chi connectivity index (χ1) is 8.61. The van der Waals surface area contributed by atoms with E-state index in [1.807, 2.05) is 0 Å². The normalized spacial score (nSPS) is 12.5. The van der Waals surface area contributed by atoms with Crippen LogP contribution in [-0.2, 0) is 6.18 Å². The maximum Gasteiger partial charge on any atom is 0.417 e. The number of carbonyl (C=O) groups excluding carboxylic acids is 1. The molecule has 1 nitrogen and oxygen atoms in total. The molecule has 106 valence electrons. The number of Topliss-reactive ketones (excluding diaryl/α,β-unsaturated/α-hetero) is 1. The van der Waals surface area contributed by atoms with Crippen LogP contribution in [0, 0.1) is 0 Å². The Labute approximate surface area is 105 Å². The molecule has 0 bridgehead atoms. The lowest BCUT2D eigenvalue weighted by Gasteiger charge is -2.12. The lowest BCUT2D eigenvalue weighted by atomic mass is 9.99. The second kappa shape index (κ2) is 5.63. The molecule has 0 spiro atoms. The summed E-state index contributed by atoms with van der Waals surface area (Å²) in [5.74, 6) is -0.933. The number of hydrogen-bond donors (Lipinski definition) is 0. The van der Waals surface area contributed by atoms with Crippen molar-refractivity contribution in [1.29, 1.82) is 0 Å². The van der Waals surface area contributed by atoms with Gasteiger partial charge in [-0.2, -0.15) is 26.3 Å². The Morgan fingerprint density at radius 3 is 2.11 bits per heavy atom. The Balaban J connectivity index is 2.78. The minimum Gasteiger partial charge on any atom is -0.294 e. The van der Waals surface area contributed by atoms with E-state index in [0.717, 1.165) is 18.2 Å². The molecular weight excluding hydrogens is 274 g/mol. The van der Waals surface area contributed by atoms with E-state index in [9.17, 15) is 31.1 Å². The fourth-order valence-corrected chi connectivity index (χ4v) is 1.56. The number of benzene rings is 1. The summed E-state index contributed by atoms with van der Waals surface area (Å²) in [4.78, 5) is 11.5. The summed E-state index contributed by atoms with van der Waals surface area (Å²) in [6, 6.07) is 4.07. The van der Waals surface area contributed by atoms with E-state index < -0.39 is 48.5 Å². The standard InChI is InChI=1S/C12H10F6O/c13-11(14,15)7-3-6-10(19)8-4-1-2-5-9(8)12(16,17)18/h1-2,4-5H,3,6-7H2. The van der Waals surface area contributed by atoms with E-state index >= 15 is 0 Å². The number of ketones is 1. The maximum atomic E-state index is 12.6. The van der Waals surface area contributed by atoms with E-state index in [0.29, 0.717) is 0 Å². The summed E-state index contributed by atoms with van der Waals surface area (Å²) in [6.07, 6.45) is -11.4. The molecule has 1 rings (SSSR count). The molecule has 0 N–H and O–H groups in total. The monoisotopic (exact) mass is 284 g/mol. The number of halogens is 6. The Kier molecular flexibility index (Phi) is 4.60. The van der Waals surface area contributed by atoms with Crippen LogP contribution in [0.25, 0.3) is 0 Å². The predicted octanol–water partition coefficient (Wildman–Crippen LogP) is 4.62. The van der Waals surface area contributed by atoms with Crippen LogP contribution in [0.15, 0.2) is 24.3 Å². The molecule has 0 fully saturated rings. The number of hydrogen-bond acceptors (Lipinski definition) is 1. The van der Waals surface area contributed by atoms with Crippen molar-refractivity contribution in [3.8, 4) is 0 Å². The molecule has 0 heterocycles. The highest BCUT2D eigenvalue weighted by Crippen LogP contribution is 2.32. The SMILES string of the molecule is O=C(CCCC(F)(F)F)c1ccccc1C(F)(F)F. The van der Waals surface area contributed by atoms with Gasteiger partial charge in [0.15, 0.2) is 5.78 Å². The summed E-state index contributed by atoms with van der Waals surface area (Å²) in [5, 5.41) is 0. The van der Waals surface area contributed by atoms with Gasteiger partial charge in [-0.1, -0.05) is 18.2 Å². The predicted molar refractivity (Wildman–Crippen MR) is 55.7 cm³/mol. The first-order valence-corrected chi connectivity index (χ1v) is 5.37. The van der Waals surface area contributed by atoms with E-state index in [1.54, 1.807) is 0 Å². The average Bonchev–Trinajstić information content (AvgIpc) is 2.26. The lowest BCUT2D eigenvalue weighted by Crippen LogP contribution is -2.14. The van der Waals surface area contributed by atoms with E-state index in [4.69, 9.17) is 0 Å². The average molecular weight is 284 g/mol. The molecule has 0 atom stereocenters. The Morgan fingerprint density at radius 1 is 1.00 bits per heavy atom. The largest absolute Gasteiger partial charge is 0.417 e. The molecular formula is C12H10F6O. The van der Waals surface area contributed by atoms with Gasteiger partial charge in [0.2, 0.25) is 0 Å². The zero-order valence-corrected chi connectivity index (χ0v) is 9.61. The first-order valence-electron chi connectivity index (χ1n) is 5.37. The third-order valence-corrected chi connectivity index (χ3v) is 2.40. The van der Waals surface area contributed by atoms with Crippen molar-refractivity contribution in [1.82, 2.24) is 0 Å². The molecule has 0 radical (unpaired) electrons. The van der Waals surface area contributed by atoms with Gasteiger partial charge < -0.3 is 0 Å². The third-order valence-electron chi connectivity index (χ3n) is 2.40. The zero-order chi connectivity index (χ0) is 14.7. The van der Waals surface area contributed by atoms with Gasteiger partial charge >= 0.3 is 12.4 Å². The Morgan fingerprint density at radius 2 is 1.58 bits per heavy atom. The van der Waals surface area contributed by atoms with Gasteiger partial charge in [-0.3, -0.25) is 4.79 Å². The van der Waals surface area contributed by atoms with Crippen molar-refractivity contribution in [2.24, 2.45) is 0 Å². The molecule has 0 amide bonds. The fourth-order valence-electron chi connectivity index (χ4n) is 1.56. The first kappa shape index (κ1) is 15.5. The summed E-state index contributed by atoms with van der Waals surface area (Å²) in [6.45, 7) is 0. The van der Waals surface area contributed by atoms with Gasteiger partial charge in [-0.25, -0.2) is 0 Å². The van der Waals surface area contributed by atoms with E-state index in [1.165, 1.54) is 6.07 Å². The highest BCUT2D eigenvalue weighted by molar-refractivity contribution is 5.97. The summed E-state index contributed by atoms with van der Waals surface area (Å²) < 4.78 is 73.4. The van der Waals surface area contributed by atoms with Crippen molar-refractivity contribution >= 4 is 5.78 Å². The second-order valence-electron chi connectivity index (χ2n) is 3.94. The van der Waals surface area contributed by atoms with Crippen LogP contribution < -0.4 is 0 Å². The van der Waals surface area contributed by atoms with Crippen LogP contribution in [0.5, 0.6) is 0 Å². The molecule has 1 aromatic rings. The lowest BCUT2D eigenvalue weighted by molar-refractivity contribution is -0.138. The highest BCUT2D eigenvalue weighted by Gasteiger charge is 2.35. The van der Waals surface area contributed by atoms with Crippen LogP contribution in [0.2, 0.25) is 0 Å². The van der Waals surface area contributed by atoms with Crippen molar-refractivity contribution < 1.29 is 31.1 Å². The number of rotatable bonds is 4. The molecule has 0 saturated carbocycles. The summed E-state index contributed by atoms with van der Waals surface area (Å²) in [7, 11) is 0. The van der Waals surface area contributed by atoms with Gasteiger partial charge in [0.25, 0.3) is 0 Å². The Hall–Kier alpha value is -1.53. The van der Waals surface area contributed by atoms with Crippen LogP contribution in [0.1, 0.15) is 35.2 Å². The maximum absolute atomic E-state index is 12.6. The molecule has 0 saturated heterocycles. The van der Waals surface area contributed by atoms with E-state index in [-0.39, 0.29) is 0 Å². The van der Waals surface area contributed by atoms with Gasteiger partial charge in [0.05, 0.1) is 5.56 Å². The third kappa shape index (κ3) is 4.92. The van der Waals surface area contributed by atoms with Gasteiger partial charge in [-0.15, -0.1) is 0 Å². The minimum atomic E-state index is -4.70. The molecule has 7 heteroatoms. The minimum absolute atomic E-state index is 0.519. The van der Waals surface area contributed by atoms with Crippen LogP contribution in [-0.4, -0.2) is 12.0 Å². The van der Waals surface area contributed by atoms with Crippen LogP contribution in [0.4, 0.5) is 26.3 Å². The summed E-state index contributed by atoms with van der Waals surface area (Å²) >= 11 is 0. The highest BCUT2D eigenvalue weighted by atomic mass is 19.4. The second-order valence-corrected chi connectivity index (χ2v) is 3.94. The fraction of sp³-hybridized carbons (Fsp3) is 0.417. The van der Waals surface area contributed by atoms with E-state index in [2.05, 4.69) is 0 Å². The Bertz CT molecular complexity index is 446. The molecule has 1 aromatic carbocycles. The van der Waals surface area contributed by atoms with Gasteiger partial charge in [-0.05, 0) is 12.5 Å². The van der Waals surface area contributed by atoms with Crippen molar-refractivity contribution in [2.45, 2.75) is 31.6 Å². The quantitative estimate of drug-likeness (QED) is 0.582. The van der Waals surface area contributed by atoms with Crippen molar-refractivity contribution in [3.63, 3.8) is 0 Å². The van der Waals surface area contributed by atoms with Gasteiger partial charge in [0, 0.05) is 18.4 Å². The molecule has 0 unspecified atom stereocenters. The molecule has 0 aliphatic heterocycles. The molecule has 0 aliphatic carbocycles. The van der Waals surface area contributed by atoms with Crippen LogP contribution in [0.3, 0.4) is 0 Å². The van der Waals surface area contributed by atoms with Gasteiger partial charge in [0.1, 0.15) is 0 Å². The molecule has 0 aliphatic rings. The molecule has 19 heavy (non-hydrogen) atoms.